The molecular weight excluding hydrogens is 208 g/mol. The van der Waals surface area contributed by atoms with Gasteiger partial charge in [-0.25, -0.2) is 0 Å². The second kappa shape index (κ2) is 4.27. The standard InChI is InChI=1S/C11H16N2O3/c1-13(6-9-2-4-15-7-9)10(14)11(12)3-5-16-8-11/h2,4,7H,3,5-6,8,12H2,1H3. The first kappa shape index (κ1) is 11.2. The fraction of sp³-hybridized carbons (Fsp3) is 0.545. The second-order valence-corrected chi connectivity index (χ2v) is 4.25. The molecule has 1 amide bonds. The van der Waals surface area contributed by atoms with Crippen molar-refractivity contribution in [2.45, 2.75) is 18.5 Å². The van der Waals surface area contributed by atoms with E-state index in [9.17, 15) is 4.79 Å². The minimum absolute atomic E-state index is 0.0776. The minimum Gasteiger partial charge on any atom is -0.472 e. The Morgan fingerprint density at radius 1 is 1.69 bits per heavy atom. The maximum atomic E-state index is 12.1. The van der Waals surface area contributed by atoms with Gasteiger partial charge in [0.25, 0.3) is 0 Å². The van der Waals surface area contributed by atoms with Crippen LogP contribution in [0.4, 0.5) is 0 Å². The third-order valence-corrected chi connectivity index (χ3v) is 2.82. The van der Waals surface area contributed by atoms with Crippen LogP contribution in [0.15, 0.2) is 23.0 Å². The van der Waals surface area contributed by atoms with Crippen molar-refractivity contribution in [3.8, 4) is 0 Å². The Bertz CT molecular complexity index is 355. The maximum Gasteiger partial charge on any atom is 0.245 e. The predicted octanol–water partition coefficient (Wildman–Crippen LogP) is 0.356. The van der Waals surface area contributed by atoms with Gasteiger partial charge in [-0.2, -0.15) is 0 Å². The van der Waals surface area contributed by atoms with Crippen molar-refractivity contribution in [2.24, 2.45) is 5.73 Å². The molecule has 2 N–H and O–H groups in total. The number of likely N-dealkylation sites (N-methyl/N-ethyl adjacent to an activating group) is 1. The van der Waals surface area contributed by atoms with Crippen molar-refractivity contribution in [3.63, 3.8) is 0 Å². The van der Waals surface area contributed by atoms with Crippen LogP contribution in [-0.2, 0) is 16.1 Å². The zero-order valence-electron chi connectivity index (χ0n) is 9.31. The number of furan rings is 1. The van der Waals surface area contributed by atoms with Gasteiger partial charge in [0, 0.05) is 25.8 Å². The van der Waals surface area contributed by atoms with Gasteiger partial charge in [0.2, 0.25) is 5.91 Å². The number of carbonyl (C=O) groups is 1. The number of nitrogens with zero attached hydrogens (tertiary/aromatic N) is 1. The summed E-state index contributed by atoms with van der Waals surface area (Å²) in [5.74, 6) is -0.0776. The van der Waals surface area contributed by atoms with E-state index in [1.807, 2.05) is 6.07 Å². The van der Waals surface area contributed by atoms with Gasteiger partial charge in [-0.1, -0.05) is 0 Å². The van der Waals surface area contributed by atoms with Crippen LogP contribution in [0.2, 0.25) is 0 Å². The van der Waals surface area contributed by atoms with Crippen LogP contribution < -0.4 is 5.73 Å². The van der Waals surface area contributed by atoms with E-state index in [0.29, 0.717) is 26.2 Å². The van der Waals surface area contributed by atoms with E-state index in [0.717, 1.165) is 5.56 Å². The molecule has 0 bridgehead atoms. The van der Waals surface area contributed by atoms with Crippen LogP contribution in [-0.4, -0.2) is 36.6 Å². The second-order valence-electron chi connectivity index (χ2n) is 4.25. The first-order valence-corrected chi connectivity index (χ1v) is 5.25. The number of hydrogen-bond donors (Lipinski definition) is 1. The fourth-order valence-corrected chi connectivity index (χ4v) is 1.86. The van der Waals surface area contributed by atoms with Crippen molar-refractivity contribution in [2.75, 3.05) is 20.3 Å². The first-order chi connectivity index (χ1) is 7.62. The van der Waals surface area contributed by atoms with Crippen molar-refractivity contribution in [3.05, 3.63) is 24.2 Å². The lowest BCUT2D eigenvalue weighted by Gasteiger charge is -2.27. The van der Waals surface area contributed by atoms with Crippen LogP contribution in [0.5, 0.6) is 0 Å². The molecule has 0 radical (unpaired) electrons. The van der Waals surface area contributed by atoms with Gasteiger partial charge in [-0.3, -0.25) is 4.79 Å². The molecule has 1 atom stereocenters. The molecule has 1 aromatic rings. The quantitative estimate of drug-likeness (QED) is 0.804. The lowest BCUT2D eigenvalue weighted by molar-refractivity contribution is -0.136. The van der Waals surface area contributed by atoms with Crippen LogP contribution in [0, 0.1) is 0 Å². The average Bonchev–Trinajstić information content (AvgIpc) is 2.89. The Hall–Kier alpha value is -1.33. The Morgan fingerprint density at radius 3 is 3.06 bits per heavy atom. The van der Waals surface area contributed by atoms with Gasteiger partial charge in [0.05, 0.1) is 19.1 Å². The highest BCUT2D eigenvalue weighted by Gasteiger charge is 2.40. The van der Waals surface area contributed by atoms with Gasteiger partial charge in [0.1, 0.15) is 5.54 Å². The number of ether oxygens (including phenoxy) is 1. The molecule has 0 saturated carbocycles. The van der Waals surface area contributed by atoms with Crippen molar-refractivity contribution >= 4 is 5.91 Å². The van der Waals surface area contributed by atoms with Gasteiger partial charge in [0.15, 0.2) is 0 Å². The highest BCUT2D eigenvalue weighted by atomic mass is 16.5. The summed E-state index contributed by atoms with van der Waals surface area (Å²) in [5, 5.41) is 0. The molecule has 5 heteroatoms. The zero-order valence-corrected chi connectivity index (χ0v) is 9.31. The lowest BCUT2D eigenvalue weighted by atomic mass is 9.98. The molecule has 1 saturated heterocycles. The summed E-state index contributed by atoms with van der Waals surface area (Å²) in [7, 11) is 1.74. The van der Waals surface area contributed by atoms with E-state index in [1.54, 1.807) is 24.5 Å². The molecule has 2 heterocycles. The topological polar surface area (TPSA) is 68.7 Å². The largest absolute Gasteiger partial charge is 0.472 e. The number of amides is 1. The smallest absolute Gasteiger partial charge is 0.245 e. The summed E-state index contributed by atoms with van der Waals surface area (Å²) in [5.41, 5.74) is 6.10. The Morgan fingerprint density at radius 2 is 2.50 bits per heavy atom. The van der Waals surface area contributed by atoms with Crippen LogP contribution >= 0.6 is 0 Å². The molecule has 1 aliphatic rings. The molecule has 16 heavy (non-hydrogen) atoms. The van der Waals surface area contributed by atoms with E-state index in [2.05, 4.69) is 0 Å². The molecule has 1 unspecified atom stereocenters. The lowest BCUT2D eigenvalue weighted by Crippen LogP contribution is -2.54. The molecule has 0 spiro atoms. The molecule has 1 aliphatic heterocycles. The molecule has 0 aliphatic carbocycles. The summed E-state index contributed by atoms with van der Waals surface area (Å²) < 4.78 is 10.1. The summed E-state index contributed by atoms with van der Waals surface area (Å²) in [6, 6.07) is 1.83. The van der Waals surface area contributed by atoms with Gasteiger partial charge >= 0.3 is 0 Å². The predicted molar refractivity (Wildman–Crippen MR) is 57.5 cm³/mol. The van der Waals surface area contributed by atoms with Crippen LogP contribution in [0.1, 0.15) is 12.0 Å². The van der Waals surface area contributed by atoms with Gasteiger partial charge in [-0.05, 0) is 12.5 Å². The minimum atomic E-state index is -0.849. The van der Waals surface area contributed by atoms with E-state index >= 15 is 0 Å². The molecule has 0 aromatic carbocycles. The number of nitrogens with two attached hydrogens (primary N) is 1. The van der Waals surface area contributed by atoms with E-state index < -0.39 is 5.54 Å². The first-order valence-electron chi connectivity index (χ1n) is 5.25. The van der Waals surface area contributed by atoms with Crippen LogP contribution in [0.3, 0.4) is 0 Å². The molecule has 2 rings (SSSR count). The Balaban J connectivity index is 1.99. The molecule has 5 nitrogen and oxygen atoms in total. The third kappa shape index (κ3) is 2.10. The monoisotopic (exact) mass is 224 g/mol. The summed E-state index contributed by atoms with van der Waals surface area (Å²) in [6.07, 6.45) is 3.80. The number of hydrogen-bond acceptors (Lipinski definition) is 4. The van der Waals surface area contributed by atoms with E-state index in [-0.39, 0.29) is 5.91 Å². The summed E-state index contributed by atoms with van der Waals surface area (Å²) in [6.45, 7) is 1.37. The Labute approximate surface area is 94.1 Å². The van der Waals surface area contributed by atoms with E-state index in [1.165, 1.54) is 0 Å². The van der Waals surface area contributed by atoms with Crippen molar-refractivity contribution < 1.29 is 13.9 Å². The number of carbonyl (C=O) groups excluding carboxylic acids is 1. The molecule has 88 valence electrons. The number of rotatable bonds is 3. The van der Waals surface area contributed by atoms with Gasteiger partial charge < -0.3 is 19.8 Å². The van der Waals surface area contributed by atoms with E-state index in [4.69, 9.17) is 14.9 Å². The summed E-state index contributed by atoms with van der Waals surface area (Å²) in [4.78, 5) is 13.7. The fourth-order valence-electron chi connectivity index (χ4n) is 1.86. The highest BCUT2D eigenvalue weighted by molar-refractivity contribution is 5.86. The average molecular weight is 224 g/mol. The Kier molecular flexibility index (Phi) is 2.98. The maximum absolute atomic E-state index is 12.1. The van der Waals surface area contributed by atoms with Crippen LogP contribution in [0.25, 0.3) is 0 Å². The molecule has 1 fully saturated rings. The summed E-state index contributed by atoms with van der Waals surface area (Å²) >= 11 is 0. The SMILES string of the molecule is CN(Cc1ccoc1)C(=O)C1(N)CCOC1. The normalized spacial score (nSPS) is 24.6. The highest BCUT2D eigenvalue weighted by Crippen LogP contribution is 2.19. The zero-order chi connectivity index (χ0) is 11.6. The molecular formula is C11H16N2O3. The van der Waals surface area contributed by atoms with Gasteiger partial charge in [-0.15, -0.1) is 0 Å². The van der Waals surface area contributed by atoms with Crippen molar-refractivity contribution in [1.82, 2.24) is 4.90 Å². The molecule has 1 aromatic heterocycles. The van der Waals surface area contributed by atoms with Crippen molar-refractivity contribution in [1.29, 1.82) is 0 Å². The third-order valence-electron chi connectivity index (χ3n) is 2.82.